The van der Waals surface area contributed by atoms with Crippen LogP contribution in [0.5, 0.6) is 0 Å². The molecule has 0 saturated carbocycles. The monoisotopic (exact) mass is 272 g/mol. The summed E-state index contributed by atoms with van der Waals surface area (Å²) in [4.78, 5) is 18.3. The van der Waals surface area contributed by atoms with Gasteiger partial charge in [0.2, 0.25) is 0 Å². The number of hydrogen-bond donors (Lipinski definition) is 2. The highest BCUT2D eigenvalue weighted by molar-refractivity contribution is 6.31. The second-order valence-corrected chi connectivity index (χ2v) is 4.59. The second kappa shape index (κ2) is 4.40. The first-order chi connectivity index (χ1) is 9.13. The summed E-state index contributed by atoms with van der Waals surface area (Å²) in [5.41, 5.74) is 2.50. The van der Waals surface area contributed by atoms with Gasteiger partial charge in [0, 0.05) is 22.1 Å². The van der Waals surface area contributed by atoms with Gasteiger partial charge in [-0.3, -0.25) is 4.98 Å². The van der Waals surface area contributed by atoms with E-state index in [1.165, 1.54) is 18.3 Å². The number of carboxylic acids is 1. The van der Waals surface area contributed by atoms with Gasteiger partial charge in [0.25, 0.3) is 0 Å². The number of carbonyl (C=O) groups is 1. The van der Waals surface area contributed by atoms with Gasteiger partial charge < -0.3 is 10.1 Å². The van der Waals surface area contributed by atoms with Gasteiger partial charge in [-0.1, -0.05) is 11.6 Å². The summed E-state index contributed by atoms with van der Waals surface area (Å²) >= 11 is 5.93. The van der Waals surface area contributed by atoms with Crippen molar-refractivity contribution >= 4 is 28.5 Å². The third kappa shape index (κ3) is 2.18. The Morgan fingerprint density at radius 1 is 1.21 bits per heavy atom. The van der Waals surface area contributed by atoms with Crippen LogP contribution in [0.2, 0.25) is 5.02 Å². The molecule has 94 valence electrons. The molecule has 2 aromatic heterocycles. The van der Waals surface area contributed by atoms with Gasteiger partial charge in [-0.05, 0) is 36.4 Å². The van der Waals surface area contributed by atoms with Crippen LogP contribution in [0.4, 0.5) is 0 Å². The molecule has 0 aliphatic heterocycles. The van der Waals surface area contributed by atoms with Gasteiger partial charge in [-0.25, -0.2) is 4.79 Å². The van der Waals surface area contributed by atoms with Gasteiger partial charge >= 0.3 is 5.97 Å². The number of carboxylic acid groups (broad SMARTS) is 1. The molecule has 0 aliphatic carbocycles. The van der Waals surface area contributed by atoms with Crippen molar-refractivity contribution in [1.29, 1.82) is 0 Å². The first-order valence-electron chi connectivity index (χ1n) is 5.61. The number of aromatic nitrogens is 2. The summed E-state index contributed by atoms with van der Waals surface area (Å²) < 4.78 is 0. The molecular formula is C14H9ClN2O2. The Balaban J connectivity index is 2.13. The molecule has 5 heteroatoms. The molecule has 0 amide bonds. The molecule has 0 bridgehead atoms. The number of aromatic amines is 1. The van der Waals surface area contributed by atoms with Crippen molar-refractivity contribution < 1.29 is 9.90 Å². The fourth-order valence-corrected chi connectivity index (χ4v) is 2.13. The highest BCUT2D eigenvalue weighted by Crippen LogP contribution is 2.25. The zero-order valence-electron chi connectivity index (χ0n) is 9.72. The van der Waals surface area contributed by atoms with Crippen LogP contribution < -0.4 is 0 Å². The molecule has 0 radical (unpaired) electrons. The normalized spacial score (nSPS) is 10.8. The van der Waals surface area contributed by atoms with Crippen LogP contribution in [0.3, 0.4) is 0 Å². The molecule has 19 heavy (non-hydrogen) atoms. The van der Waals surface area contributed by atoms with E-state index in [1.54, 1.807) is 6.07 Å². The highest BCUT2D eigenvalue weighted by Gasteiger charge is 2.08. The van der Waals surface area contributed by atoms with Crippen molar-refractivity contribution in [1.82, 2.24) is 9.97 Å². The molecule has 2 N–H and O–H groups in total. The van der Waals surface area contributed by atoms with Crippen LogP contribution in [0.15, 0.2) is 42.6 Å². The highest BCUT2D eigenvalue weighted by atomic mass is 35.5. The topological polar surface area (TPSA) is 66.0 Å². The molecule has 3 aromatic rings. The van der Waals surface area contributed by atoms with E-state index in [0.717, 1.165) is 16.6 Å². The Labute approximate surface area is 113 Å². The molecule has 0 atom stereocenters. The number of nitrogens with one attached hydrogen (secondary N) is 1. The molecule has 0 unspecified atom stereocenters. The molecular weight excluding hydrogens is 264 g/mol. The number of fused-ring (bicyclic) bond motifs is 1. The van der Waals surface area contributed by atoms with Crippen LogP contribution in [0.25, 0.3) is 22.3 Å². The summed E-state index contributed by atoms with van der Waals surface area (Å²) in [6, 6.07) is 10.4. The molecule has 2 heterocycles. The van der Waals surface area contributed by atoms with E-state index >= 15 is 0 Å². The quantitative estimate of drug-likeness (QED) is 0.749. The van der Waals surface area contributed by atoms with E-state index in [-0.39, 0.29) is 5.56 Å². The fraction of sp³-hybridized carbons (Fsp3) is 0. The number of halogens is 1. The Hall–Kier alpha value is -2.33. The maximum atomic E-state index is 10.9. The van der Waals surface area contributed by atoms with Gasteiger partial charge in [0.05, 0.1) is 17.0 Å². The summed E-state index contributed by atoms with van der Waals surface area (Å²) in [6.07, 6.45) is 1.48. The maximum Gasteiger partial charge on any atom is 0.335 e. The van der Waals surface area contributed by atoms with E-state index in [9.17, 15) is 4.79 Å². The predicted molar refractivity (Wildman–Crippen MR) is 73.5 cm³/mol. The van der Waals surface area contributed by atoms with Crippen molar-refractivity contribution in [2.45, 2.75) is 0 Å². The van der Waals surface area contributed by atoms with E-state index in [1.807, 2.05) is 18.2 Å². The van der Waals surface area contributed by atoms with Crippen molar-refractivity contribution in [3.05, 3.63) is 53.2 Å². The van der Waals surface area contributed by atoms with Crippen LogP contribution >= 0.6 is 11.6 Å². The van der Waals surface area contributed by atoms with Gasteiger partial charge in [0.1, 0.15) is 0 Å². The number of hydrogen-bond acceptors (Lipinski definition) is 2. The smallest absolute Gasteiger partial charge is 0.335 e. The number of benzene rings is 1. The zero-order chi connectivity index (χ0) is 13.4. The summed E-state index contributed by atoms with van der Waals surface area (Å²) in [7, 11) is 0. The number of H-pyrrole nitrogens is 1. The van der Waals surface area contributed by atoms with Crippen molar-refractivity contribution in [2.24, 2.45) is 0 Å². The lowest BCUT2D eigenvalue weighted by molar-refractivity contribution is 0.0697. The molecule has 3 rings (SSSR count). The third-order valence-electron chi connectivity index (χ3n) is 2.87. The Morgan fingerprint density at radius 3 is 2.84 bits per heavy atom. The summed E-state index contributed by atoms with van der Waals surface area (Å²) in [5.74, 6) is -0.970. The first-order valence-corrected chi connectivity index (χ1v) is 5.99. The SMILES string of the molecule is O=C(O)c1ccnc(-c2cc3cc(Cl)ccc3[nH]2)c1. The van der Waals surface area contributed by atoms with Crippen LogP contribution in [-0.4, -0.2) is 21.0 Å². The Bertz CT molecular complexity index is 780. The lowest BCUT2D eigenvalue weighted by Gasteiger charge is -1.98. The van der Waals surface area contributed by atoms with E-state index < -0.39 is 5.97 Å². The van der Waals surface area contributed by atoms with E-state index in [2.05, 4.69) is 9.97 Å². The van der Waals surface area contributed by atoms with Crippen LogP contribution in [0.1, 0.15) is 10.4 Å². The Morgan fingerprint density at radius 2 is 2.05 bits per heavy atom. The van der Waals surface area contributed by atoms with Crippen molar-refractivity contribution in [2.75, 3.05) is 0 Å². The number of pyridine rings is 1. The molecule has 0 spiro atoms. The molecule has 0 aliphatic rings. The third-order valence-corrected chi connectivity index (χ3v) is 3.10. The van der Waals surface area contributed by atoms with Gasteiger partial charge in [-0.2, -0.15) is 0 Å². The van der Waals surface area contributed by atoms with Crippen molar-refractivity contribution in [3.63, 3.8) is 0 Å². The largest absolute Gasteiger partial charge is 0.478 e. The van der Waals surface area contributed by atoms with E-state index in [4.69, 9.17) is 16.7 Å². The minimum absolute atomic E-state index is 0.210. The second-order valence-electron chi connectivity index (χ2n) is 4.15. The van der Waals surface area contributed by atoms with Crippen LogP contribution in [0, 0.1) is 0 Å². The molecule has 0 saturated heterocycles. The van der Waals surface area contributed by atoms with Crippen molar-refractivity contribution in [3.8, 4) is 11.4 Å². The molecule has 4 nitrogen and oxygen atoms in total. The summed E-state index contributed by atoms with van der Waals surface area (Å²) in [5, 5.41) is 10.6. The Kier molecular flexibility index (Phi) is 2.72. The lowest BCUT2D eigenvalue weighted by atomic mass is 10.2. The first kappa shape index (κ1) is 11.7. The number of nitrogens with zero attached hydrogens (tertiary/aromatic N) is 1. The number of rotatable bonds is 2. The average Bonchev–Trinajstić information content (AvgIpc) is 2.81. The minimum Gasteiger partial charge on any atom is -0.478 e. The van der Waals surface area contributed by atoms with Gasteiger partial charge in [0.15, 0.2) is 0 Å². The molecule has 1 aromatic carbocycles. The van der Waals surface area contributed by atoms with Gasteiger partial charge in [-0.15, -0.1) is 0 Å². The minimum atomic E-state index is -0.970. The average molecular weight is 273 g/mol. The molecule has 0 fully saturated rings. The van der Waals surface area contributed by atoms with E-state index in [0.29, 0.717) is 10.7 Å². The maximum absolute atomic E-state index is 10.9. The fourth-order valence-electron chi connectivity index (χ4n) is 1.95. The lowest BCUT2D eigenvalue weighted by Crippen LogP contribution is -1.97. The number of aromatic carboxylic acids is 1. The summed E-state index contributed by atoms with van der Waals surface area (Å²) in [6.45, 7) is 0. The predicted octanol–water partition coefficient (Wildman–Crippen LogP) is 3.58. The standard InChI is InChI=1S/C14H9ClN2O2/c15-10-1-2-11-9(5-10)7-13(17-11)12-6-8(14(18)19)3-4-16-12/h1-7,17H,(H,18,19). The zero-order valence-corrected chi connectivity index (χ0v) is 10.5. The van der Waals surface area contributed by atoms with Crippen LogP contribution in [-0.2, 0) is 0 Å².